The monoisotopic (exact) mass is 198 g/mol. The Balaban J connectivity index is 2.00. The van der Waals surface area contributed by atoms with Crippen molar-refractivity contribution in [1.29, 1.82) is 0 Å². The summed E-state index contributed by atoms with van der Waals surface area (Å²) in [7, 11) is 0. The molecule has 1 aliphatic heterocycles. The van der Waals surface area contributed by atoms with Gasteiger partial charge >= 0.3 is 14.5 Å². The van der Waals surface area contributed by atoms with Crippen LogP contribution in [0.5, 0.6) is 0 Å². The number of rotatable bonds is 5. The van der Waals surface area contributed by atoms with Crippen molar-refractivity contribution < 1.29 is 3.79 Å². The van der Waals surface area contributed by atoms with Gasteiger partial charge in [0.15, 0.2) is 0 Å². The minimum Gasteiger partial charge on any atom is -0.498 e. The fourth-order valence-electron chi connectivity index (χ4n) is 2.11. The van der Waals surface area contributed by atoms with Crippen molar-refractivity contribution in [3.05, 3.63) is 0 Å². The highest BCUT2D eigenvalue weighted by molar-refractivity contribution is 6.50. The lowest BCUT2D eigenvalue weighted by molar-refractivity contribution is 0.159. The molecule has 1 nitrogen and oxygen atoms in total. The second-order valence-corrected chi connectivity index (χ2v) is 6.82. The highest BCUT2D eigenvalue weighted by atomic mass is 27.2. The molecule has 0 radical (unpaired) electrons. The van der Waals surface area contributed by atoms with Crippen LogP contribution >= 0.6 is 0 Å². The molecule has 0 saturated carbocycles. The van der Waals surface area contributed by atoms with E-state index in [1.165, 1.54) is 50.2 Å². The van der Waals surface area contributed by atoms with Gasteiger partial charge in [0.2, 0.25) is 0 Å². The average Bonchev–Trinajstić information content (AvgIpc) is 2.13. The topological polar surface area (TPSA) is 9.23 Å². The van der Waals surface area contributed by atoms with E-state index in [-0.39, 0.29) is 0 Å². The molecule has 0 aromatic rings. The Kier molecular flexibility index (Phi) is 6.12. The fraction of sp³-hybridized carbons (Fsp3) is 1.00. The third-order valence-electron chi connectivity index (χ3n) is 2.94. The smallest absolute Gasteiger partial charge is 0.457 e. The van der Waals surface area contributed by atoms with Gasteiger partial charge in [-0.2, -0.15) is 0 Å². The Morgan fingerprint density at radius 1 is 1.31 bits per heavy atom. The van der Waals surface area contributed by atoms with Gasteiger partial charge in [-0.1, -0.05) is 50.1 Å². The molecule has 0 aromatic carbocycles. The van der Waals surface area contributed by atoms with E-state index in [0.29, 0.717) is 6.10 Å². The Morgan fingerprint density at radius 2 is 2.15 bits per heavy atom. The molecule has 13 heavy (non-hydrogen) atoms. The zero-order valence-electron chi connectivity index (χ0n) is 9.22. The van der Waals surface area contributed by atoms with Crippen molar-refractivity contribution in [1.82, 2.24) is 0 Å². The molecule has 1 rings (SSSR count). The van der Waals surface area contributed by atoms with Gasteiger partial charge in [-0.25, -0.2) is 0 Å². The van der Waals surface area contributed by atoms with Gasteiger partial charge in [0, 0.05) is 6.10 Å². The lowest BCUT2D eigenvalue weighted by Crippen LogP contribution is -2.28. The van der Waals surface area contributed by atoms with Crippen LogP contribution in [0.15, 0.2) is 0 Å². The van der Waals surface area contributed by atoms with Crippen molar-refractivity contribution in [3.63, 3.8) is 0 Å². The number of unbranched alkanes of at least 4 members (excludes halogenated alkanes) is 3. The normalized spacial score (nSPS) is 23.5. The van der Waals surface area contributed by atoms with Crippen LogP contribution in [0, 0.1) is 0 Å². The highest BCUT2D eigenvalue weighted by Crippen LogP contribution is 2.21. The minimum absolute atomic E-state index is 0.646. The molecule has 1 unspecified atom stereocenters. The first-order valence-corrected chi connectivity index (χ1v) is 8.42. The number of hydrogen-bond acceptors (Lipinski definition) is 1. The SMILES string of the molecule is CCCCCCC1CC[CH2][Al]([CH3])[O]1. The third-order valence-corrected chi connectivity index (χ3v) is 5.01. The molecule has 76 valence electrons. The van der Waals surface area contributed by atoms with Crippen molar-refractivity contribution in [3.8, 4) is 0 Å². The summed E-state index contributed by atoms with van der Waals surface area (Å²) in [5.41, 5.74) is 0. The molecule has 1 atom stereocenters. The summed E-state index contributed by atoms with van der Waals surface area (Å²) in [6, 6.07) is 0. The number of hydrogen-bond donors (Lipinski definition) is 0. The van der Waals surface area contributed by atoms with E-state index in [1.54, 1.807) is 0 Å². The van der Waals surface area contributed by atoms with E-state index in [1.807, 2.05) is 0 Å². The van der Waals surface area contributed by atoms with Crippen LogP contribution in [0.4, 0.5) is 0 Å². The van der Waals surface area contributed by atoms with Gasteiger partial charge in [-0.3, -0.25) is 0 Å². The average molecular weight is 198 g/mol. The molecule has 1 fully saturated rings. The largest absolute Gasteiger partial charge is 0.498 e. The van der Waals surface area contributed by atoms with Crippen molar-refractivity contribution in [2.24, 2.45) is 0 Å². The van der Waals surface area contributed by atoms with Gasteiger partial charge in [-0.05, 0) is 12.8 Å². The Hall–Kier alpha value is 0.492. The molecule has 0 spiro atoms. The van der Waals surface area contributed by atoms with Gasteiger partial charge in [0.25, 0.3) is 0 Å². The summed E-state index contributed by atoms with van der Waals surface area (Å²) in [6.45, 7) is 2.27. The fourth-order valence-corrected chi connectivity index (χ4v) is 3.98. The Bertz CT molecular complexity index is 127. The molecule has 0 aromatic heterocycles. The van der Waals surface area contributed by atoms with E-state index in [4.69, 9.17) is 3.79 Å². The van der Waals surface area contributed by atoms with Gasteiger partial charge in [0.05, 0.1) is 0 Å². The lowest BCUT2D eigenvalue weighted by Gasteiger charge is -2.26. The Labute approximate surface area is 87.6 Å². The van der Waals surface area contributed by atoms with Crippen LogP contribution in [0.3, 0.4) is 0 Å². The van der Waals surface area contributed by atoms with Crippen LogP contribution in [0.2, 0.25) is 11.1 Å². The van der Waals surface area contributed by atoms with Crippen molar-refractivity contribution >= 4 is 14.5 Å². The predicted molar refractivity (Wildman–Crippen MR) is 59.3 cm³/mol. The second kappa shape index (κ2) is 6.87. The van der Waals surface area contributed by atoms with E-state index >= 15 is 0 Å². The molecule has 1 heterocycles. The molecule has 0 aliphatic carbocycles. The molecular formula is C11H23AlO. The maximum atomic E-state index is 6.01. The Morgan fingerprint density at radius 3 is 2.85 bits per heavy atom. The highest BCUT2D eigenvalue weighted by Gasteiger charge is 2.23. The summed E-state index contributed by atoms with van der Waals surface area (Å²) in [5.74, 6) is 2.35. The van der Waals surface area contributed by atoms with E-state index in [9.17, 15) is 0 Å². The molecule has 0 amide bonds. The first-order valence-electron chi connectivity index (χ1n) is 5.98. The maximum absolute atomic E-state index is 6.01. The first-order chi connectivity index (χ1) is 6.33. The quantitative estimate of drug-likeness (QED) is 0.483. The summed E-state index contributed by atoms with van der Waals surface area (Å²) in [4.78, 5) is 0. The van der Waals surface area contributed by atoms with Crippen LogP contribution in [-0.4, -0.2) is 20.6 Å². The van der Waals surface area contributed by atoms with E-state index in [2.05, 4.69) is 12.7 Å². The first kappa shape index (κ1) is 11.6. The summed E-state index contributed by atoms with van der Waals surface area (Å²) in [5, 5.41) is 1.41. The second-order valence-electron chi connectivity index (χ2n) is 4.35. The van der Waals surface area contributed by atoms with Crippen LogP contribution < -0.4 is 0 Å². The summed E-state index contributed by atoms with van der Waals surface area (Å²) < 4.78 is 6.01. The van der Waals surface area contributed by atoms with Gasteiger partial charge < -0.3 is 3.79 Å². The summed E-state index contributed by atoms with van der Waals surface area (Å²) in [6.07, 6.45) is 10.3. The molecule has 1 aliphatic rings. The van der Waals surface area contributed by atoms with E-state index < -0.39 is 14.5 Å². The molecule has 0 N–H and O–H groups in total. The molecule has 1 saturated heterocycles. The van der Waals surface area contributed by atoms with Crippen molar-refractivity contribution in [2.75, 3.05) is 0 Å². The third kappa shape index (κ3) is 5.06. The van der Waals surface area contributed by atoms with Crippen LogP contribution in [0.25, 0.3) is 0 Å². The maximum Gasteiger partial charge on any atom is 0.457 e. The van der Waals surface area contributed by atoms with Crippen molar-refractivity contribution in [2.45, 2.75) is 69.0 Å². The van der Waals surface area contributed by atoms with Gasteiger partial charge in [0.1, 0.15) is 0 Å². The standard InChI is InChI=1S/C10H20O.CH3.Al/c1-3-5-6-7-9-10(11)8-4-2;;/h10H,2-9H2,1H3;1H3;/q-1;;+1. The zero-order valence-corrected chi connectivity index (χ0v) is 10.4. The molecule has 2 heteroatoms. The summed E-state index contributed by atoms with van der Waals surface area (Å²) >= 11 is -0.711. The van der Waals surface area contributed by atoms with Crippen LogP contribution in [0.1, 0.15) is 51.9 Å². The molecular weight excluding hydrogens is 175 g/mol. The zero-order chi connectivity index (χ0) is 9.52. The van der Waals surface area contributed by atoms with Crippen LogP contribution in [-0.2, 0) is 3.79 Å². The van der Waals surface area contributed by atoms with E-state index in [0.717, 1.165) is 0 Å². The van der Waals surface area contributed by atoms with Gasteiger partial charge in [-0.15, -0.1) is 0 Å². The minimum atomic E-state index is -0.711. The molecule has 0 bridgehead atoms. The predicted octanol–water partition coefficient (Wildman–Crippen LogP) is 3.76. The lowest BCUT2D eigenvalue weighted by atomic mass is 10.1.